The van der Waals surface area contributed by atoms with Gasteiger partial charge in [0.05, 0.1) is 0 Å². The Hall–Kier alpha value is -2.04. The second-order valence-corrected chi connectivity index (χ2v) is 9.07. The number of carbonyl (C=O) groups excluding carboxylic acids is 2. The van der Waals surface area contributed by atoms with Gasteiger partial charge in [0.2, 0.25) is 5.91 Å². The lowest BCUT2D eigenvalue weighted by molar-refractivity contribution is -0.118. The molecule has 5 nitrogen and oxygen atoms in total. The van der Waals surface area contributed by atoms with E-state index in [4.69, 9.17) is 10.5 Å². The number of hydrogen-bond acceptors (Lipinski definition) is 3. The van der Waals surface area contributed by atoms with Crippen LogP contribution in [0.25, 0.3) is 0 Å². The minimum Gasteiger partial charge on any atom is -0.444 e. The number of piperidine rings is 1. The van der Waals surface area contributed by atoms with Crippen molar-refractivity contribution in [2.45, 2.75) is 64.4 Å². The average Bonchev–Trinajstić information content (AvgIpc) is 2.60. The molecule has 1 aromatic carbocycles. The van der Waals surface area contributed by atoms with Crippen LogP contribution in [-0.4, -0.2) is 35.6 Å². The van der Waals surface area contributed by atoms with Crippen LogP contribution in [0.2, 0.25) is 0 Å². The fourth-order valence-corrected chi connectivity index (χ4v) is 4.65. The molecule has 1 fully saturated rings. The van der Waals surface area contributed by atoms with E-state index in [0.717, 1.165) is 38.8 Å². The van der Waals surface area contributed by atoms with Crippen molar-refractivity contribution in [2.75, 3.05) is 13.1 Å². The van der Waals surface area contributed by atoms with Gasteiger partial charge in [-0.05, 0) is 75.3 Å². The number of likely N-dealkylation sites (tertiary alicyclic amines) is 1. The summed E-state index contributed by atoms with van der Waals surface area (Å²) in [5, 5.41) is 0. The summed E-state index contributed by atoms with van der Waals surface area (Å²) >= 11 is 0. The maximum absolute atomic E-state index is 12.3. The molecular formula is C22H32N2O3. The summed E-state index contributed by atoms with van der Waals surface area (Å²) in [7, 11) is 0. The number of nitrogens with two attached hydrogens (primary N) is 1. The highest BCUT2D eigenvalue weighted by molar-refractivity contribution is 5.75. The van der Waals surface area contributed by atoms with Gasteiger partial charge in [-0.15, -0.1) is 0 Å². The maximum Gasteiger partial charge on any atom is 0.410 e. The average molecular weight is 373 g/mol. The lowest BCUT2D eigenvalue weighted by Crippen LogP contribution is -2.43. The molecule has 3 rings (SSSR count). The van der Waals surface area contributed by atoms with Crippen molar-refractivity contribution in [3.8, 4) is 0 Å². The van der Waals surface area contributed by atoms with E-state index in [0.29, 0.717) is 18.3 Å². The third kappa shape index (κ3) is 5.02. The molecule has 0 aromatic heterocycles. The molecule has 2 aliphatic rings. The van der Waals surface area contributed by atoms with Crippen LogP contribution >= 0.6 is 0 Å². The molecule has 1 aliphatic carbocycles. The number of benzene rings is 1. The molecule has 1 aliphatic heterocycles. The first-order chi connectivity index (χ1) is 12.7. The first-order valence-corrected chi connectivity index (χ1v) is 10.1. The molecule has 27 heavy (non-hydrogen) atoms. The molecule has 0 bridgehead atoms. The Balaban J connectivity index is 1.63. The predicted octanol–water partition coefficient (Wildman–Crippen LogP) is 3.86. The highest BCUT2D eigenvalue weighted by Crippen LogP contribution is 2.42. The quantitative estimate of drug-likeness (QED) is 0.876. The van der Waals surface area contributed by atoms with Crippen molar-refractivity contribution in [1.29, 1.82) is 0 Å². The molecule has 2 unspecified atom stereocenters. The number of ether oxygens (including phenoxy) is 1. The van der Waals surface area contributed by atoms with Crippen LogP contribution in [0, 0.1) is 11.8 Å². The molecule has 5 heteroatoms. The number of hydrogen-bond donors (Lipinski definition) is 1. The van der Waals surface area contributed by atoms with E-state index >= 15 is 0 Å². The van der Waals surface area contributed by atoms with Gasteiger partial charge in [0.25, 0.3) is 0 Å². The van der Waals surface area contributed by atoms with Crippen molar-refractivity contribution in [3.05, 3.63) is 35.4 Å². The standard InChI is InChI=1S/C22H32N2O3/c1-22(2,3)27-21(26)24-10-8-15(9-11-24)17-12-16-6-4-5-7-19(16)18(13-17)14-20(23)25/h4-7,15,17-18H,8-14H2,1-3H3,(H2,23,25). The number of rotatable bonds is 3. The Morgan fingerprint density at radius 1 is 1.15 bits per heavy atom. The summed E-state index contributed by atoms with van der Waals surface area (Å²) in [6.45, 7) is 7.19. The molecule has 0 spiro atoms. The van der Waals surface area contributed by atoms with E-state index in [1.165, 1.54) is 11.1 Å². The summed E-state index contributed by atoms with van der Waals surface area (Å²) < 4.78 is 5.50. The number of amides is 2. The van der Waals surface area contributed by atoms with E-state index in [-0.39, 0.29) is 17.9 Å². The van der Waals surface area contributed by atoms with Crippen molar-refractivity contribution < 1.29 is 14.3 Å². The van der Waals surface area contributed by atoms with Crippen molar-refractivity contribution in [2.24, 2.45) is 17.6 Å². The van der Waals surface area contributed by atoms with Crippen molar-refractivity contribution in [1.82, 2.24) is 4.90 Å². The van der Waals surface area contributed by atoms with Crippen LogP contribution in [0.1, 0.15) is 63.5 Å². The minimum absolute atomic E-state index is 0.207. The predicted molar refractivity (Wildman–Crippen MR) is 105 cm³/mol. The Bertz CT molecular complexity index is 687. The summed E-state index contributed by atoms with van der Waals surface area (Å²) in [6.07, 6.45) is 4.27. The third-order valence-corrected chi connectivity index (χ3v) is 5.87. The fourth-order valence-electron chi connectivity index (χ4n) is 4.65. The van der Waals surface area contributed by atoms with Crippen molar-refractivity contribution >= 4 is 12.0 Å². The van der Waals surface area contributed by atoms with E-state index in [1.807, 2.05) is 31.7 Å². The molecule has 2 atom stereocenters. The highest BCUT2D eigenvalue weighted by Gasteiger charge is 2.35. The SMILES string of the molecule is CC(C)(C)OC(=O)N1CCC(C2Cc3ccccc3C(CC(N)=O)C2)CC1. The number of fused-ring (bicyclic) bond motifs is 1. The molecule has 2 N–H and O–H groups in total. The van der Waals surface area contributed by atoms with Gasteiger partial charge in [0, 0.05) is 19.5 Å². The Morgan fingerprint density at radius 3 is 2.44 bits per heavy atom. The van der Waals surface area contributed by atoms with Crippen LogP contribution in [0.4, 0.5) is 4.79 Å². The van der Waals surface area contributed by atoms with Gasteiger partial charge in [-0.1, -0.05) is 24.3 Å². The summed E-state index contributed by atoms with van der Waals surface area (Å²) in [5.41, 5.74) is 7.70. The van der Waals surface area contributed by atoms with Gasteiger partial charge in [0.15, 0.2) is 0 Å². The van der Waals surface area contributed by atoms with Crippen LogP contribution in [0.5, 0.6) is 0 Å². The van der Waals surface area contributed by atoms with Gasteiger partial charge >= 0.3 is 6.09 Å². The zero-order valence-electron chi connectivity index (χ0n) is 16.7. The Morgan fingerprint density at radius 2 is 1.81 bits per heavy atom. The smallest absolute Gasteiger partial charge is 0.410 e. The number of carbonyl (C=O) groups is 2. The van der Waals surface area contributed by atoms with Crippen LogP contribution in [0.15, 0.2) is 24.3 Å². The molecular weight excluding hydrogens is 340 g/mol. The lowest BCUT2D eigenvalue weighted by atomic mass is 9.69. The first kappa shape index (κ1) is 19.7. The Labute approximate surface area is 162 Å². The minimum atomic E-state index is -0.455. The van der Waals surface area contributed by atoms with Gasteiger partial charge in [-0.2, -0.15) is 0 Å². The monoisotopic (exact) mass is 372 g/mol. The van der Waals surface area contributed by atoms with Gasteiger partial charge in [-0.3, -0.25) is 4.79 Å². The zero-order chi connectivity index (χ0) is 19.6. The zero-order valence-corrected chi connectivity index (χ0v) is 16.7. The molecule has 148 valence electrons. The summed E-state index contributed by atoms with van der Waals surface area (Å²) in [5.74, 6) is 1.12. The normalized spacial score (nSPS) is 23.6. The van der Waals surface area contributed by atoms with E-state index < -0.39 is 5.60 Å². The van der Waals surface area contributed by atoms with E-state index in [1.54, 1.807) is 0 Å². The van der Waals surface area contributed by atoms with Crippen LogP contribution < -0.4 is 5.73 Å². The molecule has 1 heterocycles. The van der Waals surface area contributed by atoms with Gasteiger partial charge in [0.1, 0.15) is 5.60 Å². The van der Waals surface area contributed by atoms with E-state index in [9.17, 15) is 9.59 Å². The summed E-state index contributed by atoms with van der Waals surface area (Å²) in [4.78, 5) is 25.7. The topological polar surface area (TPSA) is 72.6 Å². The molecule has 1 aromatic rings. The van der Waals surface area contributed by atoms with Gasteiger partial charge in [-0.25, -0.2) is 4.79 Å². The fraction of sp³-hybridized carbons (Fsp3) is 0.636. The second kappa shape index (κ2) is 7.91. The third-order valence-electron chi connectivity index (χ3n) is 5.87. The maximum atomic E-state index is 12.3. The van der Waals surface area contributed by atoms with E-state index in [2.05, 4.69) is 18.2 Å². The molecule has 1 saturated heterocycles. The largest absolute Gasteiger partial charge is 0.444 e. The summed E-state index contributed by atoms with van der Waals surface area (Å²) in [6, 6.07) is 8.45. The molecule has 0 radical (unpaired) electrons. The molecule has 0 saturated carbocycles. The van der Waals surface area contributed by atoms with Crippen molar-refractivity contribution in [3.63, 3.8) is 0 Å². The van der Waals surface area contributed by atoms with Crippen LogP contribution in [0.3, 0.4) is 0 Å². The number of primary amides is 1. The number of nitrogens with zero attached hydrogens (tertiary/aromatic N) is 1. The second-order valence-electron chi connectivity index (χ2n) is 9.07. The van der Waals surface area contributed by atoms with Gasteiger partial charge < -0.3 is 15.4 Å². The first-order valence-electron chi connectivity index (χ1n) is 10.1. The molecule has 2 amide bonds. The Kier molecular flexibility index (Phi) is 5.78. The lowest BCUT2D eigenvalue weighted by Gasteiger charge is -2.40. The highest BCUT2D eigenvalue weighted by atomic mass is 16.6. The van der Waals surface area contributed by atoms with Crippen LogP contribution in [-0.2, 0) is 16.0 Å².